The average Bonchev–Trinajstić information content (AvgIpc) is 2.83. The Kier molecular flexibility index (Phi) is 6.82. The van der Waals surface area contributed by atoms with Gasteiger partial charge in [-0.25, -0.2) is 4.98 Å². The minimum Gasteiger partial charge on any atom is -0.329 e. The Morgan fingerprint density at radius 3 is 2.30 bits per heavy atom. The summed E-state index contributed by atoms with van der Waals surface area (Å²) < 4.78 is 1.58. The zero-order valence-electron chi connectivity index (χ0n) is 18.3. The van der Waals surface area contributed by atoms with Crippen LogP contribution in [0.4, 0.5) is 0 Å². The lowest BCUT2D eigenvalue weighted by Crippen LogP contribution is -2.38. The molecule has 0 aliphatic heterocycles. The normalized spacial score (nSPS) is 12.0. The van der Waals surface area contributed by atoms with Crippen LogP contribution in [0.3, 0.4) is 0 Å². The molecule has 168 valence electrons. The fraction of sp³-hybridized carbons (Fsp3) is 0.192. The van der Waals surface area contributed by atoms with Gasteiger partial charge in [-0.15, -0.1) is 0 Å². The molecule has 1 amide bonds. The number of fused-ring (bicyclic) bond motifs is 1. The minimum atomic E-state index is -0.452. The molecule has 0 aliphatic rings. The van der Waals surface area contributed by atoms with E-state index in [9.17, 15) is 9.59 Å². The molecule has 0 saturated carbocycles. The molecule has 0 N–H and O–H groups in total. The van der Waals surface area contributed by atoms with Gasteiger partial charge in [0.2, 0.25) is 0 Å². The van der Waals surface area contributed by atoms with Gasteiger partial charge in [0.15, 0.2) is 0 Å². The Morgan fingerprint density at radius 1 is 0.970 bits per heavy atom. The maximum atomic E-state index is 13.6. The molecule has 1 atom stereocenters. The molecular weight excluding hydrogens is 457 g/mol. The van der Waals surface area contributed by atoms with Gasteiger partial charge in [0.05, 0.1) is 33.2 Å². The first-order valence-electron chi connectivity index (χ1n) is 10.8. The summed E-state index contributed by atoms with van der Waals surface area (Å²) in [6.07, 6.45) is 0.558. The summed E-state index contributed by atoms with van der Waals surface area (Å²) in [6, 6.07) is 20.8. The lowest BCUT2D eigenvalue weighted by molar-refractivity contribution is 0.0672. The molecule has 1 heterocycles. The number of aromatic nitrogens is 2. The Hall–Kier alpha value is -3.15. The van der Waals surface area contributed by atoms with Gasteiger partial charge in [0, 0.05) is 11.6 Å². The first kappa shape index (κ1) is 23.0. The van der Waals surface area contributed by atoms with Crippen LogP contribution in [-0.4, -0.2) is 26.9 Å². The summed E-state index contributed by atoms with van der Waals surface area (Å²) in [7, 11) is 0. The van der Waals surface area contributed by atoms with Crippen molar-refractivity contribution in [3.63, 3.8) is 0 Å². The summed E-state index contributed by atoms with van der Waals surface area (Å²) in [4.78, 5) is 33.7. The number of carbonyl (C=O) groups excluding carboxylic acids is 1. The minimum absolute atomic E-state index is 0.197. The third-order valence-electron chi connectivity index (χ3n) is 5.65. The highest BCUT2D eigenvalue weighted by atomic mass is 35.5. The largest absolute Gasteiger partial charge is 0.329 e. The summed E-state index contributed by atoms with van der Waals surface area (Å²) in [5.74, 6) is 0.283. The summed E-state index contributed by atoms with van der Waals surface area (Å²) >= 11 is 12.4. The predicted molar refractivity (Wildman–Crippen MR) is 134 cm³/mol. The van der Waals surface area contributed by atoms with Crippen LogP contribution in [0.5, 0.6) is 0 Å². The Labute approximate surface area is 202 Å². The fourth-order valence-corrected chi connectivity index (χ4v) is 4.39. The van der Waals surface area contributed by atoms with Crippen molar-refractivity contribution in [2.75, 3.05) is 6.54 Å². The number of rotatable bonds is 6. The van der Waals surface area contributed by atoms with Crippen LogP contribution in [0.2, 0.25) is 10.0 Å². The van der Waals surface area contributed by atoms with Crippen molar-refractivity contribution in [3.8, 4) is 5.69 Å². The second-order valence-corrected chi connectivity index (χ2v) is 8.44. The molecule has 1 unspecified atom stereocenters. The molecule has 0 saturated heterocycles. The highest BCUT2D eigenvalue weighted by Crippen LogP contribution is 2.29. The van der Waals surface area contributed by atoms with E-state index < -0.39 is 6.04 Å². The highest BCUT2D eigenvalue weighted by Gasteiger charge is 2.29. The number of hydrogen-bond donors (Lipinski definition) is 0. The van der Waals surface area contributed by atoms with E-state index in [-0.39, 0.29) is 11.5 Å². The Morgan fingerprint density at radius 2 is 1.64 bits per heavy atom. The first-order chi connectivity index (χ1) is 16.0. The molecule has 0 spiro atoms. The molecule has 0 bridgehead atoms. The zero-order chi connectivity index (χ0) is 23.5. The second-order valence-electron chi connectivity index (χ2n) is 7.60. The number of para-hydroxylation sites is 1. The van der Waals surface area contributed by atoms with E-state index in [2.05, 4.69) is 0 Å². The zero-order valence-corrected chi connectivity index (χ0v) is 19.8. The third kappa shape index (κ3) is 4.39. The molecule has 1 aromatic heterocycles. The number of benzene rings is 3. The maximum Gasteiger partial charge on any atom is 0.266 e. The lowest BCUT2D eigenvalue weighted by atomic mass is 10.1. The molecule has 7 heteroatoms. The molecule has 4 rings (SSSR count). The number of halogens is 2. The van der Waals surface area contributed by atoms with Crippen LogP contribution in [0.25, 0.3) is 16.6 Å². The molecule has 4 aromatic rings. The standard InChI is InChI=1S/C26H23Cl2N3O2/c1-3-23(30(4-2)25(32)19-9-5-7-11-21(19)28)24-29-22-12-8-6-10-20(22)26(33)31(24)18-15-13-17(27)14-16-18/h5-16,23H,3-4H2,1-2H3. The number of hydrogen-bond acceptors (Lipinski definition) is 3. The van der Waals surface area contributed by atoms with Gasteiger partial charge in [-0.3, -0.25) is 14.2 Å². The van der Waals surface area contributed by atoms with Crippen molar-refractivity contribution in [3.05, 3.63) is 105 Å². The molecule has 3 aromatic carbocycles. The predicted octanol–water partition coefficient (Wildman–Crippen LogP) is 6.31. The number of nitrogens with zero attached hydrogens (tertiary/aromatic N) is 3. The third-order valence-corrected chi connectivity index (χ3v) is 6.23. The van der Waals surface area contributed by atoms with E-state index >= 15 is 0 Å². The van der Waals surface area contributed by atoms with Crippen molar-refractivity contribution in [1.29, 1.82) is 0 Å². The fourth-order valence-electron chi connectivity index (χ4n) is 4.05. The smallest absolute Gasteiger partial charge is 0.266 e. The molecule has 0 aliphatic carbocycles. The summed E-state index contributed by atoms with van der Waals surface area (Å²) in [5.41, 5.74) is 1.44. The second kappa shape index (κ2) is 9.77. The van der Waals surface area contributed by atoms with E-state index in [1.807, 2.05) is 32.0 Å². The van der Waals surface area contributed by atoms with Crippen LogP contribution < -0.4 is 5.56 Å². The number of carbonyl (C=O) groups is 1. The van der Waals surface area contributed by atoms with Crippen molar-refractivity contribution >= 4 is 40.0 Å². The van der Waals surface area contributed by atoms with Gasteiger partial charge in [0.1, 0.15) is 5.82 Å². The van der Waals surface area contributed by atoms with Gasteiger partial charge in [-0.1, -0.05) is 54.4 Å². The molecule has 0 radical (unpaired) electrons. The van der Waals surface area contributed by atoms with Crippen molar-refractivity contribution in [1.82, 2.24) is 14.5 Å². The van der Waals surface area contributed by atoms with E-state index in [0.717, 1.165) is 0 Å². The van der Waals surface area contributed by atoms with Gasteiger partial charge in [-0.05, 0) is 61.9 Å². The topological polar surface area (TPSA) is 55.2 Å². The van der Waals surface area contributed by atoms with Crippen LogP contribution >= 0.6 is 23.2 Å². The average molecular weight is 480 g/mol. The summed E-state index contributed by atoms with van der Waals surface area (Å²) in [6.45, 7) is 4.30. The SMILES string of the molecule is CCC(c1nc2ccccc2c(=O)n1-c1ccc(Cl)cc1)N(CC)C(=O)c1ccccc1Cl. The maximum absolute atomic E-state index is 13.6. The monoisotopic (exact) mass is 479 g/mol. The number of amides is 1. The Balaban J connectivity index is 1.95. The van der Waals surface area contributed by atoms with Crippen LogP contribution in [0.15, 0.2) is 77.6 Å². The summed E-state index contributed by atoms with van der Waals surface area (Å²) in [5, 5.41) is 1.46. The molecule has 5 nitrogen and oxygen atoms in total. The van der Waals surface area contributed by atoms with E-state index in [4.69, 9.17) is 28.2 Å². The lowest BCUT2D eigenvalue weighted by Gasteiger charge is -2.31. The van der Waals surface area contributed by atoms with Crippen molar-refractivity contribution in [2.24, 2.45) is 0 Å². The van der Waals surface area contributed by atoms with Crippen LogP contribution in [-0.2, 0) is 0 Å². The molecule has 0 fully saturated rings. The highest BCUT2D eigenvalue weighted by molar-refractivity contribution is 6.33. The van der Waals surface area contributed by atoms with Gasteiger partial charge in [0.25, 0.3) is 11.5 Å². The van der Waals surface area contributed by atoms with E-state index in [0.29, 0.717) is 51.0 Å². The van der Waals surface area contributed by atoms with Crippen LogP contribution in [0.1, 0.15) is 42.5 Å². The molecule has 33 heavy (non-hydrogen) atoms. The van der Waals surface area contributed by atoms with Crippen molar-refractivity contribution in [2.45, 2.75) is 26.3 Å². The van der Waals surface area contributed by atoms with E-state index in [1.54, 1.807) is 64.1 Å². The quantitative estimate of drug-likeness (QED) is 0.325. The molecular formula is C26H23Cl2N3O2. The van der Waals surface area contributed by atoms with Crippen molar-refractivity contribution < 1.29 is 4.79 Å². The Bertz CT molecular complexity index is 1370. The van der Waals surface area contributed by atoms with Crippen LogP contribution in [0, 0.1) is 0 Å². The van der Waals surface area contributed by atoms with Gasteiger partial charge >= 0.3 is 0 Å². The first-order valence-corrected chi connectivity index (χ1v) is 11.5. The van der Waals surface area contributed by atoms with E-state index in [1.165, 1.54) is 0 Å². The van der Waals surface area contributed by atoms with Gasteiger partial charge in [-0.2, -0.15) is 0 Å². The van der Waals surface area contributed by atoms with Gasteiger partial charge < -0.3 is 4.90 Å².